The number of aromatic nitrogens is 1. The van der Waals surface area contributed by atoms with Crippen LogP contribution in [0.5, 0.6) is 0 Å². The fourth-order valence-electron chi connectivity index (χ4n) is 3.50. The molecule has 0 radical (unpaired) electrons. The van der Waals surface area contributed by atoms with Gasteiger partial charge in [-0.1, -0.05) is 19.9 Å². The zero-order chi connectivity index (χ0) is 19.7. The summed E-state index contributed by atoms with van der Waals surface area (Å²) >= 11 is 1.42. The van der Waals surface area contributed by atoms with Crippen LogP contribution in [-0.2, 0) is 29.4 Å². The summed E-state index contributed by atoms with van der Waals surface area (Å²) in [7, 11) is 0. The Morgan fingerprint density at radius 3 is 2.96 bits per heavy atom. The molecule has 2 fully saturated rings. The topological polar surface area (TPSA) is 86.8 Å². The summed E-state index contributed by atoms with van der Waals surface area (Å²) < 4.78 is 16.7. The van der Waals surface area contributed by atoms with Gasteiger partial charge in [0.2, 0.25) is 0 Å². The highest BCUT2D eigenvalue weighted by Crippen LogP contribution is 2.52. The molecule has 1 N–H and O–H groups in total. The summed E-state index contributed by atoms with van der Waals surface area (Å²) in [5.41, 5.74) is -1.58. The van der Waals surface area contributed by atoms with Crippen molar-refractivity contribution in [2.24, 2.45) is 11.3 Å². The molecule has 27 heavy (non-hydrogen) atoms. The lowest BCUT2D eigenvalue weighted by atomic mass is 9.78. The van der Waals surface area contributed by atoms with Gasteiger partial charge in [0.1, 0.15) is 6.10 Å². The summed E-state index contributed by atoms with van der Waals surface area (Å²) in [5, 5.41) is 5.68. The largest absolute Gasteiger partial charge is 0.459 e. The lowest BCUT2D eigenvalue weighted by Crippen LogP contribution is -2.32. The first-order chi connectivity index (χ1) is 12.8. The minimum atomic E-state index is -1.26. The Kier molecular flexibility index (Phi) is 5.58. The van der Waals surface area contributed by atoms with Crippen molar-refractivity contribution in [1.29, 1.82) is 0 Å². The number of nitrogens with one attached hydrogen (secondary N) is 1. The van der Waals surface area contributed by atoms with Crippen LogP contribution in [0.4, 0.5) is 5.13 Å². The summed E-state index contributed by atoms with van der Waals surface area (Å²) in [5.74, 6) is -0.658. The number of ether oxygens (including phenoxy) is 3. The molecule has 1 aromatic heterocycles. The molecule has 3 rings (SSSR count). The van der Waals surface area contributed by atoms with E-state index in [0.717, 1.165) is 5.13 Å². The number of carbonyl (C=O) groups excluding carboxylic acids is 2. The molecule has 7 nitrogen and oxygen atoms in total. The molecule has 0 aliphatic carbocycles. The van der Waals surface area contributed by atoms with Crippen molar-refractivity contribution in [2.45, 2.75) is 45.3 Å². The molecule has 0 amide bonds. The molecule has 3 atom stereocenters. The average Bonchev–Trinajstić information content (AvgIpc) is 3.25. The Morgan fingerprint density at radius 1 is 1.48 bits per heavy atom. The molecule has 8 heteroatoms. The number of nitrogens with zero attached hydrogens (tertiary/aromatic N) is 1. The Labute approximate surface area is 163 Å². The number of cyclic esters (lactones) is 2. The van der Waals surface area contributed by atoms with E-state index in [-0.39, 0.29) is 12.8 Å². The summed E-state index contributed by atoms with van der Waals surface area (Å²) in [4.78, 5) is 29.8. The van der Waals surface area contributed by atoms with Crippen molar-refractivity contribution >= 4 is 28.4 Å². The van der Waals surface area contributed by atoms with E-state index in [1.165, 1.54) is 11.3 Å². The summed E-state index contributed by atoms with van der Waals surface area (Å²) in [6.45, 7) is 11.0. The second kappa shape index (κ2) is 7.59. The van der Waals surface area contributed by atoms with Crippen LogP contribution in [0.3, 0.4) is 0 Å². The molecular formula is C19H26N2O5S. The van der Waals surface area contributed by atoms with Gasteiger partial charge in [-0.3, -0.25) is 9.59 Å². The maximum absolute atomic E-state index is 12.7. The predicted molar refractivity (Wildman–Crippen MR) is 101 cm³/mol. The molecule has 1 aromatic rings. The molecule has 0 saturated carbocycles. The van der Waals surface area contributed by atoms with Crippen LogP contribution >= 0.6 is 11.3 Å². The molecule has 3 heterocycles. The zero-order valence-electron chi connectivity index (χ0n) is 15.9. The summed E-state index contributed by atoms with van der Waals surface area (Å²) in [6, 6.07) is 0. The van der Waals surface area contributed by atoms with E-state index in [2.05, 4.69) is 16.9 Å². The number of thiazole rings is 1. The third-order valence-corrected chi connectivity index (χ3v) is 5.59. The summed E-state index contributed by atoms with van der Waals surface area (Å²) in [6.07, 6.45) is 1.82. The highest BCUT2D eigenvalue weighted by Gasteiger charge is 2.65. The molecule has 2 aliphatic heterocycles. The molecule has 0 bridgehead atoms. The van der Waals surface area contributed by atoms with Crippen molar-refractivity contribution in [2.75, 3.05) is 25.1 Å². The van der Waals surface area contributed by atoms with Gasteiger partial charge in [-0.25, -0.2) is 4.98 Å². The third kappa shape index (κ3) is 3.87. The molecular weight excluding hydrogens is 368 g/mol. The van der Waals surface area contributed by atoms with E-state index >= 15 is 0 Å². The number of esters is 2. The van der Waals surface area contributed by atoms with Gasteiger partial charge in [-0.2, -0.15) is 0 Å². The van der Waals surface area contributed by atoms with Crippen LogP contribution in [0.15, 0.2) is 18.0 Å². The van der Waals surface area contributed by atoms with Crippen LogP contribution in [0.2, 0.25) is 0 Å². The normalized spacial score (nSPS) is 30.0. The van der Waals surface area contributed by atoms with E-state index in [1.54, 1.807) is 13.0 Å². The van der Waals surface area contributed by atoms with Gasteiger partial charge < -0.3 is 19.5 Å². The van der Waals surface area contributed by atoms with Gasteiger partial charge in [0.25, 0.3) is 0 Å². The monoisotopic (exact) mass is 394 g/mol. The first-order valence-electron chi connectivity index (χ1n) is 9.12. The standard InChI is InChI=1S/C19H26N2O5S/c1-5-6-20-17-21-14(10-27-17)18(4)11-19(16(23)26-18)7-13(25-15(19)22)9-24-8-12(2)3/h5,10,12-13H,1,6-9,11H2,2-4H3,(H,20,21)/t13-,18+,19+/m1/s1. The fourth-order valence-corrected chi connectivity index (χ4v) is 4.35. The Hall–Kier alpha value is -1.93. The lowest BCUT2D eigenvalue weighted by Gasteiger charge is -2.20. The second-order valence-electron chi connectivity index (χ2n) is 7.75. The maximum atomic E-state index is 12.7. The van der Waals surface area contributed by atoms with Crippen molar-refractivity contribution in [3.8, 4) is 0 Å². The van der Waals surface area contributed by atoms with Crippen molar-refractivity contribution in [3.05, 3.63) is 23.7 Å². The number of anilines is 1. The van der Waals surface area contributed by atoms with Crippen LogP contribution in [0, 0.1) is 11.3 Å². The van der Waals surface area contributed by atoms with Gasteiger partial charge >= 0.3 is 11.9 Å². The van der Waals surface area contributed by atoms with Gasteiger partial charge in [0, 0.05) is 31.4 Å². The van der Waals surface area contributed by atoms with E-state index in [1.807, 2.05) is 19.2 Å². The molecule has 148 valence electrons. The van der Waals surface area contributed by atoms with E-state index < -0.39 is 29.1 Å². The molecule has 1 spiro atoms. The maximum Gasteiger partial charge on any atom is 0.324 e. The number of hydrogen-bond donors (Lipinski definition) is 1. The van der Waals surface area contributed by atoms with Gasteiger partial charge in [-0.05, 0) is 12.8 Å². The van der Waals surface area contributed by atoms with Gasteiger partial charge in [-0.15, -0.1) is 17.9 Å². The van der Waals surface area contributed by atoms with E-state index in [9.17, 15) is 9.59 Å². The van der Waals surface area contributed by atoms with Crippen molar-refractivity contribution in [1.82, 2.24) is 4.98 Å². The van der Waals surface area contributed by atoms with E-state index in [4.69, 9.17) is 14.2 Å². The smallest absolute Gasteiger partial charge is 0.324 e. The Morgan fingerprint density at radius 2 is 2.26 bits per heavy atom. The number of hydrogen-bond acceptors (Lipinski definition) is 8. The zero-order valence-corrected chi connectivity index (χ0v) is 16.8. The van der Waals surface area contributed by atoms with E-state index in [0.29, 0.717) is 31.4 Å². The third-order valence-electron chi connectivity index (χ3n) is 4.79. The first-order valence-corrected chi connectivity index (χ1v) is 10.00. The minimum Gasteiger partial charge on any atom is -0.459 e. The molecule has 0 unspecified atom stereocenters. The van der Waals surface area contributed by atoms with Crippen molar-refractivity contribution < 1.29 is 23.8 Å². The Bertz CT molecular complexity index is 733. The highest BCUT2D eigenvalue weighted by molar-refractivity contribution is 7.13. The molecule has 2 saturated heterocycles. The molecule has 0 aromatic carbocycles. The SMILES string of the molecule is C=CCNc1nc([C@]2(C)C[C@]3(C[C@H](COCC(C)C)OC3=O)C(=O)O2)cs1. The van der Waals surface area contributed by atoms with Gasteiger partial charge in [0.15, 0.2) is 16.1 Å². The lowest BCUT2D eigenvalue weighted by molar-refractivity contribution is -0.160. The Balaban J connectivity index is 1.71. The van der Waals surface area contributed by atoms with Crippen molar-refractivity contribution in [3.63, 3.8) is 0 Å². The number of rotatable bonds is 8. The first kappa shape index (κ1) is 19.8. The van der Waals surface area contributed by atoms with Crippen LogP contribution in [0.1, 0.15) is 39.3 Å². The predicted octanol–water partition coefficient (Wildman–Crippen LogP) is 2.88. The van der Waals surface area contributed by atoms with Crippen LogP contribution < -0.4 is 5.32 Å². The number of carbonyl (C=O) groups is 2. The van der Waals surface area contributed by atoms with Gasteiger partial charge in [0.05, 0.1) is 12.3 Å². The minimum absolute atomic E-state index is 0.225. The van der Waals surface area contributed by atoms with Crippen LogP contribution in [0.25, 0.3) is 0 Å². The molecule has 2 aliphatic rings. The fraction of sp³-hybridized carbons (Fsp3) is 0.632. The average molecular weight is 394 g/mol. The quantitative estimate of drug-likeness (QED) is 0.412. The highest BCUT2D eigenvalue weighted by atomic mass is 32.1. The second-order valence-corrected chi connectivity index (χ2v) is 8.61. The van der Waals surface area contributed by atoms with Crippen LogP contribution in [-0.4, -0.2) is 42.8 Å².